The van der Waals surface area contributed by atoms with Gasteiger partial charge in [0.15, 0.2) is 0 Å². The van der Waals surface area contributed by atoms with E-state index in [0.29, 0.717) is 0 Å². The molecule has 4 N–H and O–H groups in total. The second-order valence-corrected chi connectivity index (χ2v) is 1.54. The van der Waals surface area contributed by atoms with Crippen LogP contribution < -0.4 is 5.73 Å². The fourth-order valence-electron chi connectivity index (χ4n) is 0.275. The lowest BCUT2D eigenvalue weighted by Gasteiger charge is -1.99. The minimum atomic E-state index is -1.29. The van der Waals surface area contributed by atoms with Crippen molar-refractivity contribution in [1.29, 1.82) is 0 Å². The molecule has 0 radical (unpaired) electrons. The molecule has 0 aliphatic heterocycles. The van der Waals surface area contributed by atoms with Crippen LogP contribution in [0.1, 0.15) is 6.42 Å². The first kappa shape index (κ1) is 7.90. The van der Waals surface area contributed by atoms with E-state index in [9.17, 15) is 9.59 Å². The van der Waals surface area contributed by atoms with Gasteiger partial charge in [-0.3, -0.25) is 9.59 Å². The number of carboxylic acid groups (broad SMARTS) is 2. The summed E-state index contributed by atoms with van der Waals surface area (Å²) in [6.45, 7) is 0. The second kappa shape index (κ2) is 3.03. The van der Waals surface area contributed by atoms with E-state index in [1.807, 2.05) is 0 Å². The predicted molar refractivity (Wildman–Crippen MR) is 27.9 cm³/mol. The Balaban J connectivity index is 3.63. The molecule has 0 spiro atoms. The first-order chi connectivity index (χ1) is 4.04. The van der Waals surface area contributed by atoms with Gasteiger partial charge in [0.2, 0.25) is 0 Å². The van der Waals surface area contributed by atoms with Crippen LogP contribution in [0.4, 0.5) is 0 Å². The van der Waals surface area contributed by atoms with Crippen LogP contribution in [-0.4, -0.2) is 28.2 Å². The van der Waals surface area contributed by atoms with Gasteiger partial charge in [-0.25, -0.2) is 0 Å². The molecule has 0 unspecified atom stereocenters. The van der Waals surface area contributed by atoms with Gasteiger partial charge < -0.3 is 15.9 Å². The van der Waals surface area contributed by atoms with Crippen LogP contribution in [0.3, 0.4) is 0 Å². The van der Waals surface area contributed by atoms with E-state index in [1.165, 1.54) is 0 Å². The maximum atomic E-state index is 9.85. The van der Waals surface area contributed by atoms with Gasteiger partial charge in [-0.05, 0) is 0 Å². The topological polar surface area (TPSA) is 101 Å². The number of hydrogen-bond donors (Lipinski definition) is 3. The molecular formula is C4H7NO4. The zero-order valence-electron chi connectivity index (χ0n) is 4.57. The van der Waals surface area contributed by atoms with Crippen LogP contribution in [0.2, 0.25) is 0 Å². The summed E-state index contributed by atoms with van der Waals surface area (Å²) in [4.78, 5) is 19.6. The molecule has 5 heteroatoms. The first-order valence-corrected chi connectivity index (χ1v) is 2.24. The van der Waals surface area contributed by atoms with Gasteiger partial charge >= 0.3 is 11.9 Å². The van der Waals surface area contributed by atoms with Gasteiger partial charge in [-0.15, -0.1) is 0 Å². The molecule has 0 bridgehead atoms. The van der Waals surface area contributed by atoms with E-state index in [4.69, 9.17) is 15.9 Å². The van der Waals surface area contributed by atoms with E-state index in [2.05, 4.69) is 0 Å². The van der Waals surface area contributed by atoms with Crippen LogP contribution in [0.25, 0.3) is 0 Å². The molecule has 5 nitrogen and oxygen atoms in total. The smallest absolute Gasteiger partial charge is 0.321 e. The first-order valence-electron chi connectivity index (χ1n) is 2.24. The van der Waals surface area contributed by atoms with Crippen LogP contribution in [-0.2, 0) is 9.59 Å². The Hall–Kier alpha value is -1.10. The lowest BCUT2D eigenvalue weighted by Crippen LogP contribution is -2.32. The highest BCUT2D eigenvalue weighted by Crippen LogP contribution is 1.86. The standard InChI is InChI=1S/C4H7NO4/c5-2(4(8)9)1-3(6)7/h2H,1,5H2,(H,6,7)(H,8,9)/t2-/m0/s1/i4+1. The maximum Gasteiger partial charge on any atom is 0.321 e. The minimum Gasteiger partial charge on any atom is -0.481 e. The van der Waals surface area contributed by atoms with Crippen molar-refractivity contribution in [1.82, 2.24) is 0 Å². The van der Waals surface area contributed by atoms with E-state index >= 15 is 0 Å². The normalized spacial score (nSPS) is 12.6. The molecule has 0 fully saturated rings. The second-order valence-electron chi connectivity index (χ2n) is 1.54. The molecule has 0 heterocycles. The van der Waals surface area contributed by atoms with Crippen molar-refractivity contribution in [3.05, 3.63) is 0 Å². The van der Waals surface area contributed by atoms with Crippen LogP contribution in [0, 0.1) is 0 Å². The molecule has 0 aliphatic rings. The highest BCUT2D eigenvalue weighted by Gasteiger charge is 2.14. The number of aliphatic carboxylic acids is 2. The number of rotatable bonds is 3. The van der Waals surface area contributed by atoms with Crippen molar-refractivity contribution in [3.8, 4) is 0 Å². The number of nitrogens with two attached hydrogens (primary N) is 1. The summed E-state index contributed by atoms with van der Waals surface area (Å²) in [7, 11) is 0. The van der Waals surface area contributed by atoms with E-state index < -0.39 is 24.4 Å². The Morgan fingerprint density at radius 2 is 1.89 bits per heavy atom. The number of carboxylic acids is 2. The van der Waals surface area contributed by atoms with E-state index in [1.54, 1.807) is 0 Å². The van der Waals surface area contributed by atoms with Gasteiger partial charge in [-0.2, -0.15) is 0 Å². The third-order valence-electron chi connectivity index (χ3n) is 0.712. The summed E-state index contributed by atoms with van der Waals surface area (Å²) < 4.78 is 0. The monoisotopic (exact) mass is 134 g/mol. The Labute approximate surface area is 51.1 Å². The highest BCUT2D eigenvalue weighted by molar-refractivity contribution is 5.80. The van der Waals surface area contributed by atoms with Gasteiger partial charge in [0.1, 0.15) is 6.04 Å². The molecule has 0 saturated carbocycles. The zero-order valence-corrected chi connectivity index (χ0v) is 4.57. The SMILES string of the molecule is N[C@@H](CC(=O)O)[13C](=O)O. The molecule has 0 aromatic heterocycles. The highest BCUT2D eigenvalue weighted by atomic mass is 16.5. The summed E-state index contributed by atoms with van der Waals surface area (Å²) in [5.41, 5.74) is 4.84. The summed E-state index contributed by atoms with van der Waals surface area (Å²) in [6, 6.07) is -1.29. The molecular weight excluding hydrogens is 127 g/mol. The lowest BCUT2D eigenvalue weighted by atomic mass is 10.3. The number of hydrogen-bond acceptors (Lipinski definition) is 3. The Morgan fingerprint density at radius 1 is 1.44 bits per heavy atom. The maximum absolute atomic E-state index is 9.85. The van der Waals surface area contributed by atoms with Gasteiger partial charge in [0.05, 0.1) is 6.42 Å². The quantitative estimate of drug-likeness (QED) is 0.424. The largest absolute Gasteiger partial charge is 0.481 e. The van der Waals surface area contributed by atoms with Crippen molar-refractivity contribution in [2.75, 3.05) is 0 Å². The molecule has 52 valence electrons. The van der Waals surface area contributed by atoms with E-state index in [-0.39, 0.29) is 0 Å². The summed E-state index contributed by atoms with van der Waals surface area (Å²) in [5.74, 6) is -2.50. The van der Waals surface area contributed by atoms with Gasteiger partial charge in [-0.1, -0.05) is 0 Å². The third-order valence-corrected chi connectivity index (χ3v) is 0.712. The molecule has 0 aliphatic carbocycles. The molecule has 0 amide bonds. The summed E-state index contributed by atoms with van der Waals surface area (Å²) in [6.07, 6.45) is -0.532. The van der Waals surface area contributed by atoms with Crippen LogP contribution in [0.15, 0.2) is 0 Å². The van der Waals surface area contributed by atoms with E-state index in [0.717, 1.165) is 0 Å². The average Bonchev–Trinajstić information content (AvgIpc) is 1.63. The van der Waals surface area contributed by atoms with Gasteiger partial charge in [0, 0.05) is 0 Å². The predicted octanol–water partition coefficient (Wildman–Crippen LogP) is -1.13. The zero-order chi connectivity index (χ0) is 7.44. The molecule has 0 saturated heterocycles. The van der Waals surface area contributed by atoms with Gasteiger partial charge in [0.25, 0.3) is 0 Å². The van der Waals surface area contributed by atoms with Crippen LogP contribution in [0.5, 0.6) is 0 Å². The molecule has 1 atom stereocenters. The molecule has 0 aromatic rings. The summed E-state index contributed by atoms with van der Waals surface area (Å²) >= 11 is 0. The fourth-order valence-corrected chi connectivity index (χ4v) is 0.275. The molecule has 0 aromatic carbocycles. The van der Waals surface area contributed by atoms with Crippen molar-refractivity contribution >= 4 is 11.9 Å². The lowest BCUT2D eigenvalue weighted by molar-refractivity contribution is -0.144. The fraction of sp³-hybridized carbons (Fsp3) is 0.500. The molecule has 9 heavy (non-hydrogen) atoms. The van der Waals surface area contributed by atoms with Crippen molar-refractivity contribution < 1.29 is 19.8 Å². The Kier molecular flexibility index (Phi) is 2.66. The van der Waals surface area contributed by atoms with Crippen LogP contribution >= 0.6 is 0 Å². The third kappa shape index (κ3) is 3.48. The summed E-state index contributed by atoms with van der Waals surface area (Å²) in [5, 5.41) is 16.0. The Bertz CT molecular complexity index is 133. The number of carbonyl (C=O) groups is 2. The Morgan fingerprint density at radius 3 is 2.00 bits per heavy atom. The van der Waals surface area contributed by atoms with Crippen molar-refractivity contribution in [3.63, 3.8) is 0 Å². The average molecular weight is 134 g/mol. The van der Waals surface area contributed by atoms with Crippen molar-refractivity contribution in [2.45, 2.75) is 12.5 Å². The molecule has 0 rings (SSSR count). The van der Waals surface area contributed by atoms with Crippen molar-refractivity contribution in [2.24, 2.45) is 5.73 Å². The minimum absolute atomic E-state index is 0.532.